The Kier molecular flexibility index (Phi) is 13.0. The molecule has 0 amide bonds. The number of hydrogen-bond donors (Lipinski definition) is 8. The van der Waals surface area contributed by atoms with Crippen LogP contribution in [0.25, 0.3) is 12.2 Å². The van der Waals surface area contributed by atoms with Crippen LogP contribution in [0, 0.1) is 0 Å². The normalized spacial score (nSPS) is 11.9. The molecule has 22 heteroatoms. The molecule has 0 radical (unpaired) electrons. The molecule has 8 N–H and O–H groups in total. The number of rotatable bonds is 18. The zero-order valence-electron chi connectivity index (χ0n) is 26.1. The van der Waals surface area contributed by atoms with Crippen LogP contribution in [-0.2, 0) is 20.2 Å². The second-order valence-corrected chi connectivity index (χ2v) is 12.9. The van der Waals surface area contributed by atoms with Crippen LogP contribution in [0.4, 0.5) is 35.2 Å². The molecule has 0 saturated heterocycles. The Morgan fingerprint density at radius 3 is 1.12 bits per heavy atom. The zero-order chi connectivity index (χ0) is 36.3. The van der Waals surface area contributed by atoms with E-state index in [1.807, 2.05) is 0 Å². The molecule has 2 heterocycles. The molecule has 0 saturated carbocycles. The predicted molar refractivity (Wildman–Crippen MR) is 180 cm³/mol. The van der Waals surface area contributed by atoms with Gasteiger partial charge >= 0.3 is 0 Å². The van der Waals surface area contributed by atoms with Gasteiger partial charge in [-0.3, -0.25) is 9.11 Å². The maximum absolute atomic E-state index is 11.4. The van der Waals surface area contributed by atoms with Crippen molar-refractivity contribution in [3.8, 4) is 0 Å². The molecule has 2 aromatic heterocycles. The highest BCUT2D eigenvalue weighted by molar-refractivity contribution is 7.86. The minimum Gasteiger partial charge on any atom is -0.395 e. The van der Waals surface area contributed by atoms with Crippen LogP contribution in [0.3, 0.4) is 0 Å². The largest absolute Gasteiger partial charge is 0.395 e. The molecule has 0 spiro atoms. The first kappa shape index (κ1) is 37.9. The summed E-state index contributed by atoms with van der Waals surface area (Å²) in [6.45, 7) is -0.850. The average Bonchev–Trinajstić information content (AvgIpc) is 3.07. The molecular formula is C28H34N10O10S2. The Labute approximate surface area is 286 Å². The fraction of sp³-hybridized carbons (Fsp3) is 0.286. The van der Waals surface area contributed by atoms with Gasteiger partial charge in [0.25, 0.3) is 20.2 Å². The van der Waals surface area contributed by atoms with Crippen molar-refractivity contribution >= 4 is 67.6 Å². The van der Waals surface area contributed by atoms with E-state index in [4.69, 9.17) is 0 Å². The Hall–Kier alpha value is -4.94. The lowest BCUT2D eigenvalue weighted by Gasteiger charge is -2.21. The molecule has 0 atom stereocenters. The Morgan fingerprint density at radius 1 is 0.520 bits per heavy atom. The fourth-order valence-corrected chi connectivity index (χ4v) is 5.20. The third-order valence-electron chi connectivity index (χ3n) is 6.53. The molecule has 0 bridgehead atoms. The molecule has 0 fully saturated rings. The highest BCUT2D eigenvalue weighted by atomic mass is 32.2. The van der Waals surface area contributed by atoms with Crippen molar-refractivity contribution in [3.63, 3.8) is 0 Å². The molecule has 2 aromatic carbocycles. The van der Waals surface area contributed by atoms with Gasteiger partial charge in [-0.1, -0.05) is 0 Å². The van der Waals surface area contributed by atoms with E-state index >= 15 is 0 Å². The van der Waals surface area contributed by atoms with Crippen molar-refractivity contribution < 1.29 is 46.4 Å². The van der Waals surface area contributed by atoms with Gasteiger partial charge in [-0.25, -0.2) is 0 Å². The summed E-state index contributed by atoms with van der Waals surface area (Å²) >= 11 is 0. The van der Waals surface area contributed by atoms with Gasteiger partial charge in [0.15, 0.2) is 11.6 Å². The van der Waals surface area contributed by atoms with Crippen LogP contribution in [0.5, 0.6) is 0 Å². The average molecular weight is 735 g/mol. The number of nitrogens with zero attached hydrogens (tertiary/aromatic N) is 8. The highest BCUT2D eigenvalue weighted by Gasteiger charge is 2.16. The summed E-state index contributed by atoms with van der Waals surface area (Å²) in [7, 11) is -8.84. The van der Waals surface area contributed by atoms with Crippen LogP contribution < -0.4 is 20.4 Å². The van der Waals surface area contributed by atoms with Crippen molar-refractivity contribution in [2.45, 2.75) is 9.79 Å². The van der Waals surface area contributed by atoms with E-state index in [-0.39, 0.29) is 97.8 Å². The van der Waals surface area contributed by atoms with E-state index < -0.39 is 20.2 Å². The molecule has 4 rings (SSSR count). The number of nitrogens with one attached hydrogen (secondary N) is 2. The van der Waals surface area contributed by atoms with E-state index in [1.54, 1.807) is 0 Å². The van der Waals surface area contributed by atoms with Gasteiger partial charge < -0.3 is 40.9 Å². The first-order valence-electron chi connectivity index (χ1n) is 14.7. The highest BCUT2D eigenvalue weighted by Crippen LogP contribution is 2.21. The maximum Gasteiger partial charge on any atom is 0.294 e. The van der Waals surface area contributed by atoms with Gasteiger partial charge in [0.1, 0.15) is 0 Å². The number of anilines is 6. The van der Waals surface area contributed by atoms with E-state index in [0.717, 1.165) is 0 Å². The monoisotopic (exact) mass is 734 g/mol. The van der Waals surface area contributed by atoms with E-state index in [9.17, 15) is 46.4 Å². The third kappa shape index (κ3) is 10.8. The summed E-state index contributed by atoms with van der Waals surface area (Å²) < 4.78 is 64.3. The Morgan fingerprint density at radius 2 is 0.840 bits per heavy atom. The molecule has 0 aliphatic heterocycles. The molecule has 50 heavy (non-hydrogen) atoms. The van der Waals surface area contributed by atoms with Crippen LogP contribution in [0.15, 0.2) is 58.3 Å². The lowest BCUT2D eigenvalue weighted by molar-refractivity contribution is 0.279. The van der Waals surface area contributed by atoms with Gasteiger partial charge in [0.2, 0.25) is 23.8 Å². The van der Waals surface area contributed by atoms with Crippen LogP contribution >= 0.6 is 0 Å². The predicted octanol–water partition coefficient (Wildman–Crippen LogP) is -0.210. The van der Waals surface area contributed by atoms with Gasteiger partial charge in [-0.05, 0) is 60.7 Å². The topological polar surface area (TPSA) is 298 Å². The van der Waals surface area contributed by atoms with Crippen LogP contribution in [0.2, 0.25) is 0 Å². The molecule has 0 aliphatic carbocycles. The van der Waals surface area contributed by atoms with Gasteiger partial charge in [0, 0.05) is 37.6 Å². The summed E-state index contributed by atoms with van der Waals surface area (Å²) in [5.41, 5.74) is 0.714. The Bertz CT molecular complexity index is 1830. The Balaban J connectivity index is 1.74. The summed E-state index contributed by atoms with van der Waals surface area (Å²) in [6, 6.07) is 10.2. The number of aliphatic hydroxyl groups excluding tert-OH is 4. The number of hydrogen-bond acceptors (Lipinski definition) is 18. The lowest BCUT2D eigenvalue weighted by Crippen LogP contribution is -2.32. The van der Waals surface area contributed by atoms with E-state index in [2.05, 4.69) is 40.5 Å². The molecule has 4 aromatic rings. The maximum atomic E-state index is 11.4. The number of benzene rings is 2. The minimum atomic E-state index is -4.42. The standard InChI is InChI=1S/C28H34N10O10S2/c39-15-11-37(12-16-40)27-33-23(31-25(35-27)29-19-1-5-21(6-2-19)49(43,44)45)9-10-24-32-26(36-28(34-24)38(13-17-41)14-18-42)30-20-3-7-22(8-4-20)50(46,47)48/h1-10,39-42H,11-18H2,(H,43,44,45)(H,46,47,48)(H,29,31,33,35)(H,30,32,34,36). The van der Waals surface area contributed by atoms with Crippen molar-refractivity contribution in [3.05, 3.63) is 60.2 Å². The van der Waals surface area contributed by atoms with Gasteiger partial charge in [-0.2, -0.15) is 46.7 Å². The van der Waals surface area contributed by atoms with Crippen LogP contribution in [0.1, 0.15) is 11.6 Å². The lowest BCUT2D eigenvalue weighted by atomic mass is 10.3. The van der Waals surface area contributed by atoms with Crippen molar-refractivity contribution in [2.75, 3.05) is 73.0 Å². The smallest absolute Gasteiger partial charge is 0.294 e. The van der Waals surface area contributed by atoms with Gasteiger partial charge in [0.05, 0.1) is 36.2 Å². The zero-order valence-corrected chi connectivity index (χ0v) is 27.8. The molecule has 20 nitrogen and oxygen atoms in total. The summed E-state index contributed by atoms with van der Waals surface area (Å²) in [5, 5.41) is 44.1. The molecular weight excluding hydrogens is 701 g/mol. The molecule has 0 aliphatic rings. The number of aromatic nitrogens is 6. The minimum absolute atomic E-state index is 0.000709. The number of aliphatic hydroxyl groups is 4. The van der Waals surface area contributed by atoms with Crippen molar-refractivity contribution in [1.82, 2.24) is 29.9 Å². The molecule has 268 valence electrons. The second-order valence-electron chi connectivity index (χ2n) is 10.1. The van der Waals surface area contributed by atoms with Crippen molar-refractivity contribution in [2.24, 2.45) is 0 Å². The first-order chi connectivity index (χ1) is 23.8. The van der Waals surface area contributed by atoms with E-state index in [0.29, 0.717) is 11.4 Å². The van der Waals surface area contributed by atoms with Crippen molar-refractivity contribution in [1.29, 1.82) is 0 Å². The summed E-state index contributed by atoms with van der Waals surface area (Å²) in [6.07, 6.45) is 2.86. The summed E-state index contributed by atoms with van der Waals surface area (Å²) in [5.74, 6) is 0.270. The first-order valence-corrected chi connectivity index (χ1v) is 17.5. The third-order valence-corrected chi connectivity index (χ3v) is 8.26. The molecule has 0 unspecified atom stereocenters. The summed E-state index contributed by atoms with van der Waals surface area (Å²) in [4.78, 5) is 28.7. The SMILES string of the molecule is O=S(=O)(O)c1ccc(Nc2nc(C=Cc3nc(Nc4ccc(S(=O)(=O)O)cc4)nc(N(CCO)CCO)n3)nc(N(CCO)CCO)n2)cc1. The van der Waals surface area contributed by atoms with Gasteiger partial charge in [-0.15, -0.1) is 0 Å². The van der Waals surface area contributed by atoms with E-state index in [1.165, 1.54) is 70.5 Å². The quantitative estimate of drug-likeness (QED) is 0.0613. The fourth-order valence-electron chi connectivity index (χ4n) is 4.24. The van der Waals surface area contributed by atoms with Crippen LogP contribution in [-0.4, -0.2) is 129 Å². The second kappa shape index (κ2) is 17.1.